The van der Waals surface area contributed by atoms with Crippen molar-refractivity contribution in [3.8, 4) is 5.75 Å². The number of para-hydroxylation sites is 1. The summed E-state index contributed by atoms with van der Waals surface area (Å²) >= 11 is 1.80. The fourth-order valence-corrected chi connectivity index (χ4v) is 2.52. The lowest BCUT2D eigenvalue weighted by molar-refractivity contribution is 0.477. The first-order chi connectivity index (χ1) is 7.27. The summed E-state index contributed by atoms with van der Waals surface area (Å²) < 4.78 is 2.18. The van der Waals surface area contributed by atoms with E-state index < -0.39 is 0 Å². The minimum absolute atomic E-state index is 0.377. The SMILES string of the molecule is CCn1c(CSC)cc2cccc(O)c21. The second kappa shape index (κ2) is 4.19. The topological polar surface area (TPSA) is 25.2 Å². The van der Waals surface area contributed by atoms with Crippen LogP contribution in [-0.2, 0) is 12.3 Å². The van der Waals surface area contributed by atoms with Gasteiger partial charge < -0.3 is 9.67 Å². The maximum absolute atomic E-state index is 9.84. The van der Waals surface area contributed by atoms with E-state index in [1.54, 1.807) is 17.8 Å². The number of rotatable bonds is 3. The Bertz CT molecular complexity index is 476. The van der Waals surface area contributed by atoms with Gasteiger partial charge in [-0.15, -0.1) is 0 Å². The van der Waals surface area contributed by atoms with Gasteiger partial charge in [0, 0.05) is 23.4 Å². The largest absolute Gasteiger partial charge is 0.506 e. The monoisotopic (exact) mass is 221 g/mol. The van der Waals surface area contributed by atoms with Gasteiger partial charge in [-0.3, -0.25) is 0 Å². The third kappa shape index (κ3) is 1.72. The quantitative estimate of drug-likeness (QED) is 0.860. The molecule has 1 aromatic heterocycles. The van der Waals surface area contributed by atoms with Gasteiger partial charge in [-0.1, -0.05) is 12.1 Å². The average Bonchev–Trinajstić information content (AvgIpc) is 2.57. The molecule has 1 aromatic carbocycles. The highest BCUT2D eigenvalue weighted by Gasteiger charge is 2.09. The summed E-state index contributed by atoms with van der Waals surface area (Å²) in [5, 5.41) is 11.0. The van der Waals surface area contributed by atoms with Crippen LogP contribution in [0, 0.1) is 0 Å². The molecule has 80 valence electrons. The molecule has 0 aliphatic heterocycles. The smallest absolute Gasteiger partial charge is 0.139 e. The molecule has 0 amide bonds. The summed E-state index contributed by atoms with van der Waals surface area (Å²) in [4.78, 5) is 0. The number of phenols is 1. The van der Waals surface area contributed by atoms with Crippen molar-refractivity contribution in [2.45, 2.75) is 19.2 Å². The van der Waals surface area contributed by atoms with Gasteiger partial charge >= 0.3 is 0 Å². The fourth-order valence-electron chi connectivity index (χ4n) is 1.99. The van der Waals surface area contributed by atoms with Gasteiger partial charge in [0.2, 0.25) is 0 Å². The predicted octanol–water partition coefficient (Wildman–Crippen LogP) is 3.23. The number of hydrogen-bond acceptors (Lipinski definition) is 2. The van der Waals surface area contributed by atoms with E-state index in [9.17, 15) is 5.11 Å². The van der Waals surface area contributed by atoms with Crippen molar-refractivity contribution in [2.24, 2.45) is 0 Å². The number of aromatic nitrogens is 1. The molecule has 1 heterocycles. The molecule has 2 aromatic rings. The molecule has 0 bridgehead atoms. The van der Waals surface area contributed by atoms with E-state index in [0.717, 1.165) is 23.2 Å². The molecule has 0 radical (unpaired) electrons. The molecule has 0 aliphatic rings. The molecule has 15 heavy (non-hydrogen) atoms. The number of aryl methyl sites for hydroxylation is 1. The van der Waals surface area contributed by atoms with Gasteiger partial charge in [-0.25, -0.2) is 0 Å². The number of hydrogen-bond donors (Lipinski definition) is 1. The van der Waals surface area contributed by atoms with Gasteiger partial charge in [-0.05, 0) is 25.3 Å². The van der Waals surface area contributed by atoms with Gasteiger partial charge in [0.15, 0.2) is 0 Å². The Morgan fingerprint density at radius 2 is 2.20 bits per heavy atom. The first-order valence-corrected chi connectivity index (χ1v) is 6.46. The lowest BCUT2D eigenvalue weighted by Gasteiger charge is -2.07. The maximum Gasteiger partial charge on any atom is 0.139 e. The van der Waals surface area contributed by atoms with Crippen LogP contribution in [0.5, 0.6) is 5.75 Å². The van der Waals surface area contributed by atoms with Crippen molar-refractivity contribution in [3.05, 3.63) is 30.0 Å². The van der Waals surface area contributed by atoms with Crippen molar-refractivity contribution in [1.29, 1.82) is 0 Å². The summed E-state index contributed by atoms with van der Waals surface area (Å²) in [6.07, 6.45) is 2.09. The van der Waals surface area contributed by atoms with Gasteiger partial charge in [0.05, 0.1) is 5.52 Å². The van der Waals surface area contributed by atoms with Crippen LogP contribution in [0.15, 0.2) is 24.3 Å². The standard InChI is InChI=1S/C12H15NOS/c1-3-13-10(8-15-2)7-9-5-4-6-11(14)12(9)13/h4-7,14H,3,8H2,1-2H3. The second-order valence-electron chi connectivity index (χ2n) is 3.53. The van der Waals surface area contributed by atoms with E-state index in [0.29, 0.717) is 5.75 Å². The zero-order valence-electron chi connectivity index (χ0n) is 9.03. The van der Waals surface area contributed by atoms with Crippen LogP contribution in [0.4, 0.5) is 0 Å². The minimum Gasteiger partial charge on any atom is -0.506 e. The van der Waals surface area contributed by atoms with Crippen molar-refractivity contribution < 1.29 is 5.11 Å². The van der Waals surface area contributed by atoms with Crippen LogP contribution >= 0.6 is 11.8 Å². The van der Waals surface area contributed by atoms with Crippen LogP contribution in [0.25, 0.3) is 10.9 Å². The molecule has 0 atom stereocenters. The summed E-state index contributed by atoms with van der Waals surface area (Å²) in [6.45, 7) is 3.01. The Hall–Kier alpha value is -1.09. The van der Waals surface area contributed by atoms with Crippen molar-refractivity contribution in [2.75, 3.05) is 6.26 Å². The Kier molecular flexibility index (Phi) is 2.91. The van der Waals surface area contributed by atoms with Crippen LogP contribution in [-0.4, -0.2) is 15.9 Å². The third-order valence-electron chi connectivity index (χ3n) is 2.59. The fraction of sp³-hybridized carbons (Fsp3) is 0.333. The van der Waals surface area contributed by atoms with Crippen LogP contribution in [0.1, 0.15) is 12.6 Å². The normalized spacial score (nSPS) is 11.1. The lowest BCUT2D eigenvalue weighted by atomic mass is 10.2. The molecule has 2 nitrogen and oxygen atoms in total. The van der Waals surface area contributed by atoms with Crippen molar-refractivity contribution >= 4 is 22.7 Å². The number of thioether (sulfide) groups is 1. The van der Waals surface area contributed by atoms with E-state index in [-0.39, 0.29) is 0 Å². The number of nitrogens with zero attached hydrogens (tertiary/aromatic N) is 1. The molecule has 0 saturated heterocycles. The highest BCUT2D eigenvalue weighted by molar-refractivity contribution is 7.97. The molecule has 0 aliphatic carbocycles. The highest BCUT2D eigenvalue weighted by Crippen LogP contribution is 2.29. The number of aromatic hydroxyl groups is 1. The Morgan fingerprint density at radius 1 is 1.40 bits per heavy atom. The van der Waals surface area contributed by atoms with Crippen LogP contribution in [0.2, 0.25) is 0 Å². The number of benzene rings is 1. The van der Waals surface area contributed by atoms with E-state index in [4.69, 9.17) is 0 Å². The zero-order chi connectivity index (χ0) is 10.8. The average molecular weight is 221 g/mol. The van der Waals surface area contributed by atoms with E-state index in [1.807, 2.05) is 12.1 Å². The van der Waals surface area contributed by atoms with E-state index in [2.05, 4.69) is 23.8 Å². The first kappa shape index (κ1) is 10.4. The van der Waals surface area contributed by atoms with Crippen LogP contribution in [0.3, 0.4) is 0 Å². The third-order valence-corrected chi connectivity index (χ3v) is 3.18. The van der Waals surface area contributed by atoms with Gasteiger partial charge in [0.25, 0.3) is 0 Å². The summed E-state index contributed by atoms with van der Waals surface area (Å²) in [5.74, 6) is 1.36. The Morgan fingerprint density at radius 3 is 2.87 bits per heavy atom. The molecule has 3 heteroatoms. The first-order valence-electron chi connectivity index (χ1n) is 5.07. The molecule has 0 unspecified atom stereocenters. The van der Waals surface area contributed by atoms with Crippen molar-refractivity contribution in [3.63, 3.8) is 0 Å². The molecule has 0 fully saturated rings. The molecular formula is C12H15NOS. The summed E-state index contributed by atoms with van der Waals surface area (Å²) in [5.41, 5.74) is 2.24. The van der Waals surface area contributed by atoms with Gasteiger partial charge in [0.1, 0.15) is 5.75 Å². The second-order valence-corrected chi connectivity index (χ2v) is 4.39. The Labute approximate surface area is 93.9 Å². The molecular weight excluding hydrogens is 206 g/mol. The Balaban J connectivity index is 2.68. The lowest BCUT2D eigenvalue weighted by Crippen LogP contribution is -1.98. The van der Waals surface area contributed by atoms with Gasteiger partial charge in [-0.2, -0.15) is 11.8 Å². The minimum atomic E-state index is 0.377. The highest BCUT2D eigenvalue weighted by atomic mass is 32.2. The van der Waals surface area contributed by atoms with Crippen LogP contribution < -0.4 is 0 Å². The predicted molar refractivity (Wildman–Crippen MR) is 66.5 cm³/mol. The maximum atomic E-state index is 9.84. The number of fused-ring (bicyclic) bond motifs is 1. The summed E-state index contributed by atoms with van der Waals surface area (Å²) in [6, 6.07) is 7.85. The van der Waals surface area contributed by atoms with Crippen molar-refractivity contribution in [1.82, 2.24) is 4.57 Å². The summed E-state index contributed by atoms with van der Waals surface area (Å²) in [7, 11) is 0. The molecule has 0 spiro atoms. The zero-order valence-corrected chi connectivity index (χ0v) is 9.84. The molecule has 1 N–H and O–H groups in total. The van der Waals surface area contributed by atoms with E-state index in [1.165, 1.54) is 5.69 Å². The van der Waals surface area contributed by atoms with E-state index >= 15 is 0 Å². The molecule has 0 saturated carbocycles. The molecule has 2 rings (SSSR count). The number of phenolic OH excluding ortho intramolecular Hbond substituents is 1.